The number of rotatable bonds is 6. The average molecular weight is 319 g/mol. The number of piperidine rings is 1. The number of ether oxygens (including phenoxy) is 2. The summed E-state index contributed by atoms with van der Waals surface area (Å²) >= 11 is 0. The molecule has 2 aliphatic rings. The Hall–Kier alpha value is -0.940. The van der Waals surface area contributed by atoms with Crippen LogP contribution in [0.4, 0.5) is 0 Å². The minimum absolute atomic E-state index is 0.0562. The van der Waals surface area contributed by atoms with Crippen molar-refractivity contribution in [1.29, 1.82) is 0 Å². The molecule has 23 heavy (non-hydrogen) atoms. The number of epoxide rings is 1. The maximum absolute atomic E-state index is 9.68. The largest absolute Gasteiger partial charge is 0.396 e. The molecule has 6 atom stereocenters. The van der Waals surface area contributed by atoms with Crippen LogP contribution < -0.4 is 0 Å². The molecule has 0 saturated carbocycles. The fourth-order valence-electron chi connectivity index (χ4n) is 3.75. The third-order valence-electron chi connectivity index (χ3n) is 5.49. The van der Waals surface area contributed by atoms with Gasteiger partial charge >= 0.3 is 0 Å². The number of aliphatic hydroxyl groups is 1. The molecule has 1 aromatic rings. The van der Waals surface area contributed by atoms with Gasteiger partial charge in [-0.2, -0.15) is 0 Å². The van der Waals surface area contributed by atoms with E-state index >= 15 is 0 Å². The van der Waals surface area contributed by atoms with E-state index in [1.54, 1.807) is 0 Å². The zero-order valence-corrected chi connectivity index (χ0v) is 14.4. The van der Waals surface area contributed by atoms with Gasteiger partial charge in [-0.25, -0.2) is 0 Å². The Labute approximate surface area is 139 Å². The summed E-state index contributed by atoms with van der Waals surface area (Å²) in [6, 6.07) is 11.1. The highest BCUT2D eigenvalue weighted by Crippen LogP contribution is 2.35. The van der Waals surface area contributed by atoms with Crippen LogP contribution >= 0.6 is 0 Å². The van der Waals surface area contributed by atoms with Crippen molar-refractivity contribution in [3.8, 4) is 0 Å². The molecule has 4 nitrogen and oxygen atoms in total. The lowest BCUT2D eigenvalue weighted by molar-refractivity contribution is -0.0424. The van der Waals surface area contributed by atoms with Gasteiger partial charge in [0.2, 0.25) is 0 Å². The summed E-state index contributed by atoms with van der Waals surface area (Å²) in [6.07, 6.45) is 3.05. The fourth-order valence-corrected chi connectivity index (χ4v) is 3.75. The van der Waals surface area contributed by atoms with E-state index in [-0.39, 0.29) is 18.6 Å². The molecule has 0 bridgehead atoms. The topological polar surface area (TPSA) is 45.2 Å². The van der Waals surface area contributed by atoms with Crippen molar-refractivity contribution >= 4 is 0 Å². The van der Waals surface area contributed by atoms with E-state index in [9.17, 15) is 5.11 Å². The van der Waals surface area contributed by atoms with Gasteiger partial charge in [0.25, 0.3) is 0 Å². The Morgan fingerprint density at radius 2 is 1.96 bits per heavy atom. The third kappa shape index (κ3) is 3.94. The summed E-state index contributed by atoms with van der Waals surface area (Å²) < 4.78 is 11.9. The van der Waals surface area contributed by atoms with Crippen molar-refractivity contribution in [2.75, 3.05) is 20.3 Å². The number of hydrogen-bond donors (Lipinski definition) is 1. The number of benzene rings is 1. The molecule has 1 aromatic carbocycles. The molecule has 2 saturated heterocycles. The molecule has 3 rings (SSSR count). The normalized spacial score (nSPS) is 35.9. The summed E-state index contributed by atoms with van der Waals surface area (Å²) in [5, 5.41) is 9.68. The van der Waals surface area contributed by atoms with Crippen LogP contribution in [-0.2, 0) is 9.47 Å². The highest BCUT2D eigenvalue weighted by atomic mass is 16.6. The van der Waals surface area contributed by atoms with Gasteiger partial charge < -0.3 is 14.6 Å². The molecule has 2 aliphatic heterocycles. The molecule has 0 aromatic heterocycles. The minimum Gasteiger partial charge on any atom is -0.396 e. The van der Waals surface area contributed by atoms with Gasteiger partial charge in [0, 0.05) is 18.0 Å². The Bertz CT molecular complexity index is 495. The van der Waals surface area contributed by atoms with Crippen LogP contribution in [-0.4, -0.2) is 60.7 Å². The van der Waals surface area contributed by atoms with Crippen molar-refractivity contribution in [2.24, 2.45) is 0 Å². The first-order valence-electron chi connectivity index (χ1n) is 8.75. The van der Waals surface area contributed by atoms with Gasteiger partial charge in [0.15, 0.2) is 0 Å². The Morgan fingerprint density at radius 1 is 1.26 bits per heavy atom. The first-order chi connectivity index (χ1) is 11.1. The van der Waals surface area contributed by atoms with Crippen molar-refractivity contribution in [2.45, 2.75) is 63.0 Å². The van der Waals surface area contributed by atoms with E-state index in [0.29, 0.717) is 30.9 Å². The van der Waals surface area contributed by atoms with Crippen LogP contribution in [0, 0.1) is 0 Å². The van der Waals surface area contributed by atoms with Crippen LogP contribution in [0.5, 0.6) is 0 Å². The van der Waals surface area contributed by atoms with Crippen molar-refractivity contribution in [3.05, 3.63) is 35.9 Å². The number of likely N-dealkylation sites (N-methyl/N-ethyl adjacent to an activating group) is 1. The highest BCUT2D eigenvalue weighted by molar-refractivity contribution is 5.19. The van der Waals surface area contributed by atoms with E-state index in [0.717, 1.165) is 18.4 Å². The number of aliphatic hydroxyl groups excluding tert-OH is 1. The van der Waals surface area contributed by atoms with Gasteiger partial charge in [0.05, 0.1) is 31.5 Å². The minimum atomic E-state index is 0.0562. The standard InChI is InChI=1S/C19H29NO3/c1-13-9-17(10-18(20(13)3)19-14(2)23-19)22-12-16(11-21)15-7-5-4-6-8-15/h4-8,13-14,16-19,21H,9-12H2,1-3H3. The molecule has 2 fully saturated rings. The molecule has 4 heteroatoms. The summed E-state index contributed by atoms with van der Waals surface area (Å²) in [6.45, 7) is 5.11. The van der Waals surface area contributed by atoms with Gasteiger partial charge in [-0.05, 0) is 39.3 Å². The molecule has 0 spiro atoms. The number of nitrogens with zero attached hydrogens (tertiary/aromatic N) is 1. The molecule has 6 unspecified atom stereocenters. The molecule has 0 radical (unpaired) electrons. The highest BCUT2D eigenvalue weighted by Gasteiger charge is 2.47. The van der Waals surface area contributed by atoms with Gasteiger partial charge in [-0.15, -0.1) is 0 Å². The van der Waals surface area contributed by atoms with Crippen LogP contribution in [0.15, 0.2) is 30.3 Å². The van der Waals surface area contributed by atoms with Crippen LogP contribution in [0.1, 0.15) is 38.2 Å². The average Bonchev–Trinajstić information content (AvgIpc) is 3.28. The number of hydrogen-bond acceptors (Lipinski definition) is 4. The SMILES string of the molecule is CC1OC1C1CC(OCC(CO)c2ccccc2)CC(C)N1C. The lowest BCUT2D eigenvalue weighted by Crippen LogP contribution is -2.50. The van der Waals surface area contributed by atoms with Crippen LogP contribution in [0.3, 0.4) is 0 Å². The Morgan fingerprint density at radius 3 is 2.57 bits per heavy atom. The maximum Gasteiger partial charge on any atom is 0.0994 e. The molecule has 0 aliphatic carbocycles. The van der Waals surface area contributed by atoms with Gasteiger partial charge in [-0.3, -0.25) is 4.90 Å². The van der Waals surface area contributed by atoms with E-state index in [2.05, 4.69) is 37.9 Å². The number of likely N-dealkylation sites (tertiary alicyclic amines) is 1. The summed E-state index contributed by atoms with van der Waals surface area (Å²) in [5.41, 5.74) is 1.15. The molecular formula is C19H29NO3. The summed E-state index contributed by atoms with van der Waals surface area (Å²) in [5.74, 6) is 0.0562. The summed E-state index contributed by atoms with van der Waals surface area (Å²) in [7, 11) is 2.19. The summed E-state index contributed by atoms with van der Waals surface area (Å²) in [4.78, 5) is 2.44. The zero-order chi connectivity index (χ0) is 16.4. The molecular weight excluding hydrogens is 290 g/mol. The third-order valence-corrected chi connectivity index (χ3v) is 5.49. The predicted molar refractivity (Wildman–Crippen MR) is 90.6 cm³/mol. The van der Waals surface area contributed by atoms with Crippen molar-refractivity contribution in [1.82, 2.24) is 4.90 Å². The van der Waals surface area contributed by atoms with Gasteiger partial charge in [-0.1, -0.05) is 30.3 Å². The molecule has 2 heterocycles. The van der Waals surface area contributed by atoms with Crippen molar-refractivity contribution < 1.29 is 14.6 Å². The second-order valence-corrected chi connectivity index (χ2v) is 7.10. The molecule has 0 amide bonds. The second kappa shape index (κ2) is 7.31. The second-order valence-electron chi connectivity index (χ2n) is 7.10. The quantitative estimate of drug-likeness (QED) is 0.818. The first-order valence-corrected chi connectivity index (χ1v) is 8.75. The smallest absolute Gasteiger partial charge is 0.0994 e. The monoisotopic (exact) mass is 319 g/mol. The van der Waals surface area contributed by atoms with Crippen LogP contribution in [0.25, 0.3) is 0 Å². The zero-order valence-electron chi connectivity index (χ0n) is 14.4. The maximum atomic E-state index is 9.68. The van der Waals surface area contributed by atoms with E-state index in [1.165, 1.54) is 0 Å². The Kier molecular flexibility index (Phi) is 5.37. The van der Waals surface area contributed by atoms with E-state index < -0.39 is 0 Å². The first kappa shape index (κ1) is 16.9. The molecule has 128 valence electrons. The lowest BCUT2D eigenvalue weighted by atomic mass is 9.91. The lowest BCUT2D eigenvalue weighted by Gasteiger charge is -2.41. The Balaban J connectivity index is 1.57. The van der Waals surface area contributed by atoms with E-state index in [1.807, 2.05) is 18.2 Å². The predicted octanol–water partition coefficient (Wildman–Crippen LogP) is 2.42. The van der Waals surface area contributed by atoms with Crippen LogP contribution in [0.2, 0.25) is 0 Å². The fraction of sp³-hybridized carbons (Fsp3) is 0.684. The van der Waals surface area contributed by atoms with Gasteiger partial charge in [0.1, 0.15) is 0 Å². The van der Waals surface area contributed by atoms with Crippen molar-refractivity contribution in [3.63, 3.8) is 0 Å². The van der Waals surface area contributed by atoms with E-state index in [4.69, 9.17) is 9.47 Å². The molecule has 1 N–H and O–H groups in total.